The van der Waals surface area contributed by atoms with E-state index in [4.69, 9.17) is 29.1 Å². The summed E-state index contributed by atoms with van der Waals surface area (Å²) < 4.78 is 28.6. The molecule has 2 aliphatic heterocycles. The number of hydrogen-bond acceptors (Lipinski definition) is 9. The number of fused-ring (bicyclic) bond motifs is 2. The van der Waals surface area contributed by atoms with Gasteiger partial charge in [0.05, 0.1) is 31.6 Å². The number of morpholine rings is 1. The van der Waals surface area contributed by atoms with Crippen molar-refractivity contribution in [1.82, 2.24) is 4.90 Å². The minimum atomic E-state index is -0.739. The summed E-state index contributed by atoms with van der Waals surface area (Å²) in [5.74, 6) is 0.413. The van der Waals surface area contributed by atoms with E-state index in [0.717, 1.165) is 32.8 Å². The van der Waals surface area contributed by atoms with Crippen LogP contribution >= 0.6 is 0 Å². The van der Waals surface area contributed by atoms with Gasteiger partial charge in [-0.25, -0.2) is 0 Å². The van der Waals surface area contributed by atoms with Crippen LogP contribution in [0.3, 0.4) is 0 Å². The van der Waals surface area contributed by atoms with Gasteiger partial charge in [-0.3, -0.25) is 9.69 Å². The molecule has 9 nitrogen and oxygen atoms in total. The van der Waals surface area contributed by atoms with Crippen molar-refractivity contribution in [2.24, 2.45) is 5.73 Å². The number of hydrogen-bond donors (Lipinski definition) is 1. The van der Waals surface area contributed by atoms with Gasteiger partial charge in [-0.2, -0.15) is 5.26 Å². The maximum absolute atomic E-state index is 13.1. The Morgan fingerprint density at radius 1 is 1.17 bits per heavy atom. The highest BCUT2D eigenvalue weighted by Crippen LogP contribution is 2.43. The standard InChI is InChI=1S/C26H25N3O6/c1-31-21-14-16(6-7-20(21)33-13-10-29-8-11-32-12-9-29)22-18(15-27)26(28)35-25-23(30)17-4-2-3-5-19(17)34-24(22)25/h2-7,14,22H,8-13,28H2,1H3. The Morgan fingerprint density at radius 2 is 1.97 bits per heavy atom. The predicted molar refractivity (Wildman–Crippen MR) is 128 cm³/mol. The first-order chi connectivity index (χ1) is 17.1. The van der Waals surface area contributed by atoms with Gasteiger partial charge in [0, 0.05) is 19.6 Å². The molecular weight excluding hydrogens is 450 g/mol. The van der Waals surface area contributed by atoms with Crippen LogP contribution in [0.4, 0.5) is 0 Å². The molecule has 0 aliphatic carbocycles. The molecule has 1 fully saturated rings. The number of nitrogens with two attached hydrogens (primary N) is 1. The number of rotatable bonds is 6. The lowest BCUT2D eigenvalue weighted by Gasteiger charge is -2.27. The fraction of sp³-hybridized carbons (Fsp3) is 0.308. The Bertz CT molecular complexity index is 1380. The number of nitrogens with zero attached hydrogens (tertiary/aromatic N) is 2. The molecule has 2 aromatic carbocycles. The van der Waals surface area contributed by atoms with Crippen molar-refractivity contribution < 1.29 is 23.4 Å². The Morgan fingerprint density at radius 3 is 2.74 bits per heavy atom. The summed E-state index contributed by atoms with van der Waals surface area (Å²) in [6, 6.07) is 14.4. The molecular formula is C26H25N3O6. The van der Waals surface area contributed by atoms with Crippen molar-refractivity contribution >= 4 is 11.0 Å². The summed E-state index contributed by atoms with van der Waals surface area (Å²) in [7, 11) is 1.55. The zero-order valence-corrected chi connectivity index (χ0v) is 19.3. The van der Waals surface area contributed by atoms with Gasteiger partial charge in [-0.05, 0) is 29.8 Å². The quantitative estimate of drug-likeness (QED) is 0.574. The van der Waals surface area contributed by atoms with Crippen molar-refractivity contribution in [2.45, 2.75) is 5.92 Å². The van der Waals surface area contributed by atoms with Gasteiger partial charge >= 0.3 is 0 Å². The zero-order valence-electron chi connectivity index (χ0n) is 19.3. The van der Waals surface area contributed by atoms with Gasteiger partial charge in [0.2, 0.25) is 17.1 Å². The molecule has 1 atom stereocenters. The minimum Gasteiger partial charge on any atom is -0.493 e. The average Bonchev–Trinajstić information content (AvgIpc) is 2.89. The molecule has 180 valence electrons. The summed E-state index contributed by atoms with van der Waals surface area (Å²) >= 11 is 0. The monoisotopic (exact) mass is 475 g/mol. The van der Waals surface area contributed by atoms with Crippen LogP contribution in [0, 0.1) is 11.3 Å². The molecule has 1 saturated heterocycles. The van der Waals surface area contributed by atoms with Crippen molar-refractivity contribution in [3.63, 3.8) is 0 Å². The number of benzene rings is 2. The molecule has 0 radical (unpaired) electrons. The largest absolute Gasteiger partial charge is 0.493 e. The first-order valence-electron chi connectivity index (χ1n) is 11.3. The lowest BCUT2D eigenvalue weighted by Crippen LogP contribution is -2.38. The molecule has 1 unspecified atom stereocenters. The van der Waals surface area contributed by atoms with E-state index >= 15 is 0 Å². The lowest BCUT2D eigenvalue weighted by molar-refractivity contribution is 0.0321. The first kappa shape index (κ1) is 22.8. The van der Waals surface area contributed by atoms with Gasteiger partial charge in [-0.1, -0.05) is 18.2 Å². The summed E-state index contributed by atoms with van der Waals surface area (Å²) in [5.41, 5.74) is 6.93. The molecule has 2 N–H and O–H groups in total. The number of allylic oxidation sites excluding steroid dienone is 1. The van der Waals surface area contributed by atoms with Crippen LogP contribution in [0.2, 0.25) is 0 Å². The van der Waals surface area contributed by atoms with Gasteiger partial charge in [-0.15, -0.1) is 0 Å². The molecule has 2 aliphatic rings. The van der Waals surface area contributed by atoms with Crippen molar-refractivity contribution in [3.05, 3.63) is 75.5 Å². The predicted octanol–water partition coefficient (Wildman–Crippen LogP) is 2.73. The Labute approximate surface area is 201 Å². The smallest absolute Gasteiger partial charge is 0.235 e. The highest BCUT2D eigenvalue weighted by molar-refractivity contribution is 5.78. The normalized spacial score (nSPS) is 18.0. The lowest BCUT2D eigenvalue weighted by atomic mass is 9.87. The third-order valence-electron chi connectivity index (χ3n) is 6.22. The fourth-order valence-electron chi connectivity index (χ4n) is 4.40. The average molecular weight is 476 g/mol. The summed E-state index contributed by atoms with van der Waals surface area (Å²) in [4.78, 5) is 15.4. The molecule has 0 bridgehead atoms. The van der Waals surface area contributed by atoms with Gasteiger partial charge in [0.15, 0.2) is 17.3 Å². The van der Waals surface area contributed by atoms with Crippen molar-refractivity contribution in [3.8, 4) is 23.3 Å². The molecule has 1 aromatic heterocycles. The number of ether oxygens (including phenoxy) is 4. The molecule has 35 heavy (non-hydrogen) atoms. The maximum atomic E-state index is 13.1. The van der Waals surface area contributed by atoms with Crippen LogP contribution in [0.5, 0.6) is 17.2 Å². The van der Waals surface area contributed by atoms with E-state index in [1.54, 1.807) is 43.5 Å². The van der Waals surface area contributed by atoms with Gasteiger partial charge in [0.25, 0.3) is 0 Å². The number of nitriles is 1. The molecule has 0 amide bonds. The van der Waals surface area contributed by atoms with E-state index in [-0.39, 0.29) is 28.4 Å². The molecule has 9 heteroatoms. The topological polar surface area (TPSA) is 120 Å². The van der Waals surface area contributed by atoms with Crippen molar-refractivity contribution in [2.75, 3.05) is 46.6 Å². The first-order valence-corrected chi connectivity index (χ1v) is 11.3. The van der Waals surface area contributed by atoms with Crippen LogP contribution in [0.25, 0.3) is 11.0 Å². The Kier molecular flexibility index (Phi) is 6.31. The molecule has 5 rings (SSSR count). The zero-order chi connectivity index (χ0) is 24.4. The minimum absolute atomic E-state index is 0.0185. The van der Waals surface area contributed by atoms with Crippen LogP contribution in [0.1, 0.15) is 17.2 Å². The Balaban J connectivity index is 1.50. The molecule has 0 saturated carbocycles. The van der Waals surface area contributed by atoms with Gasteiger partial charge < -0.3 is 29.1 Å². The van der Waals surface area contributed by atoms with E-state index in [0.29, 0.717) is 34.6 Å². The third-order valence-corrected chi connectivity index (χ3v) is 6.22. The number of methoxy groups -OCH3 is 1. The molecule has 3 aromatic rings. The van der Waals surface area contributed by atoms with Gasteiger partial charge in [0.1, 0.15) is 23.8 Å². The van der Waals surface area contributed by atoms with Crippen LogP contribution in [-0.2, 0) is 4.74 Å². The summed E-state index contributed by atoms with van der Waals surface area (Å²) in [6.07, 6.45) is 0. The maximum Gasteiger partial charge on any atom is 0.235 e. The van der Waals surface area contributed by atoms with E-state index in [1.165, 1.54) is 0 Å². The second-order valence-electron chi connectivity index (χ2n) is 8.26. The summed E-state index contributed by atoms with van der Waals surface area (Å²) in [6.45, 7) is 4.49. The molecule has 0 spiro atoms. The van der Waals surface area contributed by atoms with E-state index in [2.05, 4.69) is 11.0 Å². The summed E-state index contributed by atoms with van der Waals surface area (Å²) in [5, 5.41) is 10.2. The van der Waals surface area contributed by atoms with Crippen LogP contribution < -0.4 is 25.4 Å². The van der Waals surface area contributed by atoms with E-state index < -0.39 is 5.92 Å². The SMILES string of the molecule is COc1cc(C2C(C#N)=C(N)Oc3c2oc2ccccc2c3=O)ccc1OCCN1CCOCC1. The van der Waals surface area contributed by atoms with Crippen molar-refractivity contribution in [1.29, 1.82) is 5.26 Å². The molecule has 3 heterocycles. The second-order valence-corrected chi connectivity index (χ2v) is 8.26. The number of para-hydroxylation sites is 1. The second kappa shape index (κ2) is 9.70. The van der Waals surface area contributed by atoms with Crippen LogP contribution in [0.15, 0.2) is 63.1 Å². The van der Waals surface area contributed by atoms with E-state index in [9.17, 15) is 10.1 Å². The third kappa shape index (κ3) is 4.30. The van der Waals surface area contributed by atoms with E-state index in [1.807, 2.05) is 6.07 Å². The highest BCUT2D eigenvalue weighted by Gasteiger charge is 2.36. The van der Waals surface area contributed by atoms with Crippen LogP contribution in [-0.4, -0.2) is 51.5 Å². The Hall–Kier alpha value is -4.00. The fourth-order valence-corrected chi connectivity index (χ4v) is 4.40. The highest BCUT2D eigenvalue weighted by atomic mass is 16.5.